The summed E-state index contributed by atoms with van der Waals surface area (Å²) in [6.07, 6.45) is 1.71. The Bertz CT molecular complexity index is 569. The number of hydrogen-bond donors (Lipinski definition) is 2. The van der Waals surface area contributed by atoms with Gasteiger partial charge in [-0.2, -0.15) is 0 Å². The zero-order valence-corrected chi connectivity index (χ0v) is 13.0. The van der Waals surface area contributed by atoms with Crippen molar-refractivity contribution in [3.63, 3.8) is 0 Å². The largest absolute Gasteiger partial charge is 0.465 e. The third-order valence-electron chi connectivity index (χ3n) is 3.30. The van der Waals surface area contributed by atoms with Crippen LogP contribution >= 0.6 is 27.5 Å². The maximum atomic E-state index is 11.1. The summed E-state index contributed by atoms with van der Waals surface area (Å²) in [5, 5.41) is 11.7. The van der Waals surface area contributed by atoms with Crippen molar-refractivity contribution in [1.82, 2.24) is 10.3 Å². The molecule has 6 nitrogen and oxygen atoms in total. The zero-order chi connectivity index (χ0) is 14.9. The molecule has 0 bridgehead atoms. The van der Waals surface area contributed by atoms with E-state index >= 15 is 0 Å². The fourth-order valence-electron chi connectivity index (χ4n) is 2.39. The second-order valence-corrected chi connectivity index (χ2v) is 6.10. The molecule has 0 radical (unpaired) electrons. The first kappa shape index (κ1) is 15.1. The molecule has 108 valence electrons. The summed E-state index contributed by atoms with van der Waals surface area (Å²) in [7, 11) is 0. The fourth-order valence-corrected chi connectivity index (χ4v) is 3.11. The van der Waals surface area contributed by atoms with Crippen molar-refractivity contribution in [3.8, 4) is 0 Å². The first-order valence-electron chi connectivity index (χ1n) is 5.91. The maximum Gasteiger partial charge on any atom is 0.405 e. The fraction of sp³-hybridized carbons (Fsp3) is 0.417. The number of amides is 1. The standard InChI is InChI=1S/C12H13BrClN3O3/c1-12(16-11(19)20)2-3-17(6-12)9-7(5-18)4-15-10(14)8(9)13/h4-5,16H,2-3,6H2,1H3,(H,19,20)/t12-/m0/s1. The van der Waals surface area contributed by atoms with Crippen molar-refractivity contribution in [3.05, 3.63) is 21.4 Å². The van der Waals surface area contributed by atoms with Gasteiger partial charge in [-0.15, -0.1) is 0 Å². The van der Waals surface area contributed by atoms with Crippen LogP contribution in [-0.2, 0) is 0 Å². The Morgan fingerprint density at radius 3 is 3.00 bits per heavy atom. The molecule has 0 aromatic carbocycles. The Morgan fingerprint density at radius 2 is 2.40 bits per heavy atom. The van der Waals surface area contributed by atoms with Crippen molar-refractivity contribution in [1.29, 1.82) is 0 Å². The van der Waals surface area contributed by atoms with E-state index in [-0.39, 0.29) is 5.15 Å². The molecular weight excluding hydrogens is 350 g/mol. The Morgan fingerprint density at radius 1 is 1.70 bits per heavy atom. The second kappa shape index (κ2) is 5.57. The lowest BCUT2D eigenvalue weighted by molar-refractivity contribution is 0.112. The first-order valence-corrected chi connectivity index (χ1v) is 7.08. The van der Waals surface area contributed by atoms with Crippen molar-refractivity contribution in [2.75, 3.05) is 18.0 Å². The lowest BCUT2D eigenvalue weighted by Gasteiger charge is -2.26. The van der Waals surface area contributed by atoms with Crippen LogP contribution in [0, 0.1) is 0 Å². The Kier molecular flexibility index (Phi) is 4.19. The number of halogens is 2. The summed E-state index contributed by atoms with van der Waals surface area (Å²) < 4.78 is 0.545. The highest BCUT2D eigenvalue weighted by Gasteiger charge is 2.37. The Hall–Kier alpha value is -1.34. The number of carbonyl (C=O) groups excluding carboxylic acids is 1. The smallest absolute Gasteiger partial charge is 0.405 e. The van der Waals surface area contributed by atoms with Gasteiger partial charge in [-0.25, -0.2) is 9.78 Å². The molecule has 20 heavy (non-hydrogen) atoms. The minimum absolute atomic E-state index is 0.269. The summed E-state index contributed by atoms with van der Waals surface area (Å²) in [4.78, 5) is 27.8. The van der Waals surface area contributed by atoms with Crippen LogP contribution in [0.25, 0.3) is 0 Å². The molecule has 1 aliphatic heterocycles. The third kappa shape index (κ3) is 2.88. The number of rotatable bonds is 3. The van der Waals surface area contributed by atoms with Crippen LogP contribution in [-0.4, -0.2) is 41.1 Å². The molecule has 1 saturated heterocycles. The van der Waals surface area contributed by atoms with Gasteiger partial charge < -0.3 is 15.3 Å². The first-order chi connectivity index (χ1) is 9.36. The van der Waals surface area contributed by atoms with E-state index in [4.69, 9.17) is 16.7 Å². The number of carboxylic acid groups (broad SMARTS) is 1. The van der Waals surface area contributed by atoms with Gasteiger partial charge in [0.1, 0.15) is 5.15 Å². The lowest BCUT2D eigenvalue weighted by Crippen LogP contribution is -2.47. The quantitative estimate of drug-likeness (QED) is 0.638. The van der Waals surface area contributed by atoms with Crippen molar-refractivity contribution < 1.29 is 14.7 Å². The number of aldehydes is 1. The number of carbonyl (C=O) groups is 2. The molecule has 0 spiro atoms. The van der Waals surface area contributed by atoms with E-state index in [1.54, 1.807) is 0 Å². The monoisotopic (exact) mass is 361 g/mol. The van der Waals surface area contributed by atoms with Crippen LogP contribution in [0.5, 0.6) is 0 Å². The number of aromatic nitrogens is 1. The molecule has 0 unspecified atom stereocenters. The van der Waals surface area contributed by atoms with Gasteiger partial charge >= 0.3 is 6.09 Å². The zero-order valence-electron chi connectivity index (χ0n) is 10.7. The topological polar surface area (TPSA) is 82.5 Å². The predicted octanol–water partition coefficient (Wildman–Crippen LogP) is 2.55. The second-order valence-electron chi connectivity index (χ2n) is 4.95. The van der Waals surface area contributed by atoms with Gasteiger partial charge in [0.15, 0.2) is 6.29 Å². The lowest BCUT2D eigenvalue weighted by atomic mass is 10.0. The molecule has 0 aliphatic carbocycles. The maximum absolute atomic E-state index is 11.1. The summed E-state index contributed by atoms with van der Waals surface area (Å²) in [5.41, 5.74) is 0.512. The molecule has 1 fully saturated rings. The molecule has 8 heteroatoms. The van der Waals surface area contributed by atoms with Crippen LogP contribution in [0.3, 0.4) is 0 Å². The SMILES string of the molecule is C[C@]1(NC(=O)O)CCN(c2c(C=O)cnc(Cl)c2Br)C1. The molecule has 1 atom stereocenters. The predicted molar refractivity (Wildman–Crippen MR) is 78.7 cm³/mol. The number of nitrogens with one attached hydrogen (secondary N) is 1. The molecule has 2 N–H and O–H groups in total. The van der Waals surface area contributed by atoms with Crippen LogP contribution in [0.1, 0.15) is 23.7 Å². The van der Waals surface area contributed by atoms with E-state index < -0.39 is 11.6 Å². The van der Waals surface area contributed by atoms with Gasteiger partial charge in [0, 0.05) is 19.3 Å². The van der Waals surface area contributed by atoms with Crippen LogP contribution in [0.4, 0.5) is 10.5 Å². The molecule has 2 heterocycles. The normalized spacial score (nSPS) is 21.9. The molecular formula is C12H13BrClN3O3. The number of hydrogen-bond acceptors (Lipinski definition) is 4. The molecule has 0 saturated carbocycles. The number of nitrogens with zero attached hydrogens (tertiary/aromatic N) is 2. The Balaban J connectivity index is 2.33. The molecule has 1 aromatic rings. The van der Waals surface area contributed by atoms with Crippen molar-refractivity contribution in [2.24, 2.45) is 0 Å². The van der Waals surface area contributed by atoms with Gasteiger partial charge in [-0.1, -0.05) is 11.6 Å². The van der Waals surface area contributed by atoms with E-state index in [1.165, 1.54) is 6.20 Å². The highest BCUT2D eigenvalue weighted by Crippen LogP contribution is 2.37. The minimum Gasteiger partial charge on any atom is -0.465 e. The van der Waals surface area contributed by atoms with Crippen LogP contribution < -0.4 is 10.2 Å². The van der Waals surface area contributed by atoms with Crippen molar-refractivity contribution in [2.45, 2.75) is 18.9 Å². The van der Waals surface area contributed by atoms with Gasteiger partial charge in [0.2, 0.25) is 0 Å². The highest BCUT2D eigenvalue weighted by atomic mass is 79.9. The molecule has 1 aromatic heterocycles. The Labute approximate surface area is 129 Å². The van der Waals surface area contributed by atoms with E-state index in [1.807, 2.05) is 11.8 Å². The number of anilines is 1. The van der Waals surface area contributed by atoms with Crippen LogP contribution in [0.15, 0.2) is 10.7 Å². The van der Waals surface area contributed by atoms with Gasteiger partial charge in [0.25, 0.3) is 0 Å². The third-order valence-corrected chi connectivity index (χ3v) is 4.57. The van der Waals surface area contributed by atoms with E-state index in [0.29, 0.717) is 41.5 Å². The molecule has 2 rings (SSSR count). The summed E-state index contributed by atoms with van der Waals surface area (Å²) >= 11 is 9.30. The molecule has 1 aliphatic rings. The summed E-state index contributed by atoms with van der Waals surface area (Å²) in [6.45, 7) is 2.91. The van der Waals surface area contributed by atoms with E-state index in [0.717, 1.165) is 0 Å². The molecule has 1 amide bonds. The van der Waals surface area contributed by atoms with E-state index in [2.05, 4.69) is 26.2 Å². The van der Waals surface area contributed by atoms with E-state index in [9.17, 15) is 9.59 Å². The average molecular weight is 363 g/mol. The number of pyridine rings is 1. The summed E-state index contributed by atoms with van der Waals surface area (Å²) in [6, 6.07) is 0. The minimum atomic E-state index is -1.06. The summed E-state index contributed by atoms with van der Waals surface area (Å²) in [5.74, 6) is 0. The van der Waals surface area contributed by atoms with Gasteiger partial charge in [-0.05, 0) is 29.3 Å². The van der Waals surface area contributed by atoms with Crippen molar-refractivity contribution >= 4 is 45.6 Å². The van der Waals surface area contributed by atoms with Gasteiger partial charge in [-0.3, -0.25) is 4.79 Å². The average Bonchev–Trinajstić information content (AvgIpc) is 2.73. The highest BCUT2D eigenvalue weighted by molar-refractivity contribution is 9.10. The van der Waals surface area contributed by atoms with Gasteiger partial charge in [0.05, 0.1) is 21.3 Å². The van der Waals surface area contributed by atoms with Crippen LogP contribution in [0.2, 0.25) is 5.15 Å².